The quantitative estimate of drug-likeness (QED) is 0.733. The van der Waals surface area contributed by atoms with Crippen molar-refractivity contribution in [1.82, 2.24) is 5.32 Å². The van der Waals surface area contributed by atoms with Crippen LogP contribution in [0.2, 0.25) is 0 Å². The summed E-state index contributed by atoms with van der Waals surface area (Å²) < 4.78 is 5.09. The minimum atomic E-state index is -0.131. The van der Waals surface area contributed by atoms with Crippen LogP contribution in [0.3, 0.4) is 0 Å². The summed E-state index contributed by atoms with van der Waals surface area (Å²) in [7, 11) is 0. The molecule has 2 unspecified atom stereocenters. The fourth-order valence-electron chi connectivity index (χ4n) is 2.38. The highest BCUT2D eigenvalue weighted by Gasteiger charge is 2.21. The molecule has 2 atom stereocenters. The minimum Gasteiger partial charge on any atom is -0.462 e. The Morgan fingerprint density at radius 2 is 2.19 bits per heavy atom. The monoisotopic (exact) mass is 227 g/mol. The average Bonchev–Trinajstić information content (AvgIpc) is 2.26. The third-order valence-corrected chi connectivity index (χ3v) is 3.26. The maximum Gasteiger partial charge on any atom is 0.320 e. The summed E-state index contributed by atoms with van der Waals surface area (Å²) in [5.41, 5.74) is 0. The van der Waals surface area contributed by atoms with Crippen molar-refractivity contribution in [3.05, 3.63) is 0 Å². The van der Waals surface area contributed by atoms with Crippen LogP contribution in [-0.2, 0) is 9.53 Å². The molecule has 0 aromatic carbocycles. The Balaban J connectivity index is 2.19. The predicted octanol–water partition coefficient (Wildman–Crippen LogP) is 2.50. The Morgan fingerprint density at radius 1 is 1.44 bits per heavy atom. The van der Waals surface area contributed by atoms with Gasteiger partial charge >= 0.3 is 5.97 Å². The van der Waals surface area contributed by atoms with Gasteiger partial charge in [-0.2, -0.15) is 0 Å². The molecule has 1 aliphatic carbocycles. The first kappa shape index (κ1) is 13.5. The van der Waals surface area contributed by atoms with Gasteiger partial charge in [0.1, 0.15) is 0 Å². The number of rotatable bonds is 5. The normalized spacial score (nSPS) is 25.8. The minimum absolute atomic E-state index is 0.0101. The zero-order chi connectivity index (χ0) is 12.0. The van der Waals surface area contributed by atoms with E-state index in [9.17, 15) is 4.79 Å². The Hall–Kier alpha value is -0.570. The molecule has 0 radical (unpaired) electrons. The molecule has 94 valence electrons. The third kappa shape index (κ3) is 4.97. The SMILES string of the molecule is CCC1CCCC(NCC(=O)OC(C)C)C1. The van der Waals surface area contributed by atoms with Gasteiger partial charge in [-0.1, -0.05) is 26.2 Å². The summed E-state index contributed by atoms with van der Waals surface area (Å²) in [6.45, 7) is 6.37. The molecule has 1 aliphatic rings. The van der Waals surface area contributed by atoms with Gasteiger partial charge in [-0.3, -0.25) is 4.79 Å². The van der Waals surface area contributed by atoms with Crippen LogP contribution in [-0.4, -0.2) is 24.7 Å². The van der Waals surface area contributed by atoms with E-state index in [0.29, 0.717) is 12.6 Å². The van der Waals surface area contributed by atoms with Crippen LogP contribution >= 0.6 is 0 Å². The van der Waals surface area contributed by atoms with Gasteiger partial charge in [-0.15, -0.1) is 0 Å². The molecule has 0 saturated heterocycles. The van der Waals surface area contributed by atoms with Crippen LogP contribution in [0.15, 0.2) is 0 Å². The molecule has 0 amide bonds. The lowest BCUT2D eigenvalue weighted by molar-refractivity contribution is -0.146. The molecular formula is C13H25NO2. The highest BCUT2D eigenvalue weighted by Crippen LogP contribution is 2.26. The lowest BCUT2D eigenvalue weighted by Crippen LogP contribution is -2.38. The van der Waals surface area contributed by atoms with E-state index in [0.717, 1.165) is 5.92 Å². The second kappa shape index (κ2) is 6.89. The molecule has 1 rings (SSSR count). The maximum atomic E-state index is 11.4. The van der Waals surface area contributed by atoms with Gasteiger partial charge in [-0.25, -0.2) is 0 Å². The van der Waals surface area contributed by atoms with E-state index in [4.69, 9.17) is 4.74 Å². The summed E-state index contributed by atoms with van der Waals surface area (Å²) in [4.78, 5) is 11.4. The molecule has 0 aliphatic heterocycles. The second-order valence-corrected chi connectivity index (χ2v) is 5.06. The number of nitrogens with one attached hydrogen (secondary N) is 1. The van der Waals surface area contributed by atoms with Crippen molar-refractivity contribution in [2.24, 2.45) is 5.92 Å². The Kier molecular flexibility index (Phi) is 5.81. The lowest BCUT2D eigenvalue weighted by Gasteiger charge is -2.29. The third-order valence-electron chi connectivity index (χ3n) is 3.26. The van der Waals surface area contributed by atoms with Gasteiger partial charge in [0, 0.05) is 6.04 Å². The highest BCUT2D eigenvalue weighted by atomic mass is 16.5. The summed E-state index contributed by atoms with van der Waals surface area (Å²) >= 11 is 0. The highest BCUT2D eigenvalue weighted by molar-refractivity contribution is 5.71. The summed E-state index contributed by atoms with van der Waals surface area (Å²) in [6, 6.07) is 0.512. The molecular weight excluding hydrogens is 202 g/mol. The van der Waals surface area contributed by atoms with E-state index in [-0.39, 0.29) is 12.1 Å². The number of esters is 1. The van der Waals surface area contributed by atoms with Gasteiger partial charge < -0.3 is 10.1 Å². The molecule has 0 heterocycles. The molecule has 1 N–H and O–H groups in total. The number of carbonyl (C=O) groups excluding carboxylic acids is 1. The zero-order valence-corrected chi connectivity index (χ0v) is 10.8. The molecule has 0 spiro atoms. The van der Waals surface area contributed by atoms with E-state index in [1.807, 2.05) is 13.8 Å². The Bertz CT molecular complexity index is 216. The molecule has 16 heavy (non-hydrogen) atoms. The van der Waals surface area contributed by atoms with Crippen LogP contribution in [0.25, 0.3) is 0 Å². The van der Waals surface area contributed by atoms with Gasteiger partial charge in [0.15, 0.2) is 0 Å². The van der Waals surface area contributed by atoms with Crippen molar-refractivity contribution >= 4 is 5.97 Å². The first-order chi connectivity index (χ1) is 7.61. The Labute approximate surface area is 98.9 Å². The largest absolute Gasteiger partial charge is 0.462 e. The van der Waals surface area contributed by atoms with Crippen LogP contribution in [0.4, 0.5) is 0 Å². The van der Waals surface area contributed by atoms with Crippen LogP contribution in [0.5, 0.6) is 0 Å². The van der Waals surface area contributed by atoms with E-state index in [1.165, 1.54) is 32.1 Å². The fourth-order valence-corrected chi connectivity index (χ4v) is 2.38. The molecule has 1 saturated carbocycles. The summed E-state index contributed by atoms with van der Waals surface area (Å²) in [5, 5.41) is 3.32. The molecule has 3 nitrogen and oxygen atoms in total. The first-order valence-corrected chi connectivity index (χ1v) is 6.54. The molecule has 1 fully saturated rings. The first-order valence-electron chi connectivity index (χ1n) is 6.54. The molecule has 0 bridgehead atoms. The van der Waals surface area contributed by atoms with E-state index < -0.39 is 0 Å². The van der Waals surface area contributed by atoms with E-state index >= 15 is 0 Å². The van der Waals surface area contributed by atoms with E-state index in [2.05, 4.69) is 12.2 Å². The van der Waals surface area contributed by atoms with Crippen molar-refractivity contribution in [3.8, 4) is 0 Å². The Morgan fingerprint density at radius 3 is 2.81 bits per heavy atom. The predicted molar refractivity (Wildman–Crippen MR) is 65.3 cm³/mol. The van der Waals surface area contributed by atoms with Crippen molar-refractivity contribution in [1.29, 1.82) is 0 Å². The standard InChI is InChI=1S/C13H25NO2/c1-4-11-6-5-7-12(8-11)14-9-13(15)16-10(2)3/h10-12,14H,4-9H2,1-3H3. The van der Waals surface area contributed by atoms with Gasteiger partial charge in [-0.05, 0) is 32.6 Å². The van der Waals surface area contributed by atoms with E-state index in [1.54, 1.807) is 0 Å². The molecule has 0 aromatic rings. The zero-order valence-electron chi connectivity index (χ0n) is 10.8. The van der Waals surface area contributed by atoms with Crippen LogP contribution in [0.1, 0.15) is 52.9 Å². The van der Waals surface area contributed by atoms with Crippen molar-refractivity contribution in [3.63, 3.8) is 0 Å². The van der Waals surface area contributed by atoms with Crippen LogP contribution < -0.4 is 5.32 Å². The average molecular weight is 227 g/mol. The number of carbonyl (C=O) groups is 1. The fraction of sp³-hybridized carbons (Fsp3) is 0.923. The summed E-state index contributed by atoms with van der Waals surface area (Å²) in [6.07, 6.45) is 6.30. The van der Waals surface area contributed by atoms with Crippen molar-refractivity contribution < 1.29 is 9.53 Å². The van der Waals surface area contributed by atoms with Crippen molar-refractivity contribution in [2.75, 3.05) is 6.54 Å². The summed E-state index contributed by atoms with van der Waals surface area (Å²) in [5.74, 6) is 0.709. The second-order valence-electron chi connectivity index (χ2n) is 5.06. The number of ether oxygens (including phenoxy) is 1. The smallest absolute Gasteiger partial charge is 0.320 e. The van der Waals surface area contributed by atoms with Crippen LogP contribution in [0, 0.1) is 5.92 Å². The lowest BCUT2D eigenvalue weighted by atomic mass is 9.84. The molecule has 3 heteroatoms. The van der Waals surface area contributed by atoms with Gasteiger partial charge in [0.25, 0.3) is 0 Å². The van der Waals surface area contributed by atoms with Crippen molar-refractivity contribution in [2.45, 2.75) is 65.0 Å². The number of hydrogen-bond acceptors (Lipinski definition) is 3. The number of hydrogen-bond donors (Lipinski definition) is 1. The topological polar surface area (TPSA) is 38.3 Å². The maximum absolute atomic E-state index is 11.4. The van der Waals surface area contributed by atoms with Gasteiger partial charge in [0.05, 0.1) is 12.6 Å². The van der Waals surface area contributed by atoms with Gasteiger partial charge in [0.2, 0.25) is 0 Å². The molecule has 0 aromatic heterocycles.